The number of carbonyl (C=O) groups is 5. The number of methoxy groups -OCH3 is 1. The lowest BCUT2D eigenvalue weighted by atomic mass is 9.99. The maximum atomic E-state index is 13.5. The number of hydrogen-bond donors (Lipinski definition) is 5. The minimum atomic E-state index is -1.01. The molecule has 0 bridgehead atoms. The molecule has 0 saturated heterocycles. The number of carbonyl (C=O) groups excluding carboxylic acids is 5. The van der Waals surface area contributed by atoms with Gasteiger partial charge < -0.3 is 45.3 Å². The van der Waals surface area contributed by atoms with Gasteiger partial charge >= 0.3 is 12.1 Å². The molecule has 1 heterocycles. The maximum absolute atomic E-state index is 13.5. The van der Waals surface area contributed by atoms with E-state index in [1.54, 1.807) is 51.1 Å². The molecule has 14 nitrogen and oxygen atoms in total. The zero-order chi connectivity index (χ0) is 40.4. The van der Waals surface area contributed by atoms with E-state index in [4.69, 9.17) is 18.9 Å². The van der Waals surface area contributed by atoms with Gasteiger partial charge in [-0.05, 0) is 62.5 Å². The molecule has 0 aliphatic carbocycles. The Balaban J connectivity index is 1.70. The Morgan fingerprint density at radius 3 is 2.18 bits per heavy atom. The van der Waals surface area contributed by atoms with E-state index < -0.39 is 71.8 Å². The Bertz CT molecular complexity index is 1600. The molecule has 15 heteroatoms. The molecule has 2 aromatic rings. The number of benzene rings is 2. The summed E-state index contributed by atoms with van der Waals surface area (Å²) in [5.41, 5.74) is 0.727. The van der Waals surface area contributed by atoms with E-state index in [9.17, 15) is 29.1 Å². The highest BCUT2D eigenvalue weighted by molar-refractivity contribution is 7.98. The average molecular weight is 783 g/mol. The number of phenolic OH excluding ortho intramolecular Hbond substituents is 1. The summed E-state index contributed by atoms with van der Waals surface area (Å²) in [5.74, 6) is -1.92. The molecule has 1 aliphatic heterocycles. The van der Waals surface area contributed by atoms with Gasteiger partial charge in [-0.3, -0.25) is 14.4 Å². The third-order valence-electron chi connectivity index (χ3n) is 8.24. The van der Waals surface area contributed by atoms with Gasteiger partial charge in [0, 0.05) is 31.7 Å². The Morgan fingerprint density at radius 2 is 1.56 bits per heavy atom. The number of ether oxygens (including phenoxy) is 4. The number of nitrogens with one attached hydrogen (secondary N) is 4. The first-order valence-electron chi connectivity index (χ1n) is 18.0. The molecular formula is C40H54N4O10S. The number of esters is 1. The molecule has 0 aromatic heterocycles. The van der Waals surface area contributed by atoms with Crippen molar-refractivity contribution in [2.75, 3.05) is 32.3 Å². The highest BCUT2D eigenvalue weighted by Crippen LogP contribution is 2.24. The predicted octanol–water partition coefficient (Wildman–Crippen LogP) is 3.57. The average Bonchev–Trinajstić information content (AvgIpc) is 3.14. The molecule has 0 unspecified atom stereocenters. The van der Waals surface area contributed by atoms with Gasteiger partial charge in [-0.25, -0.2) is 9.59 Å². The molecule has 55 heavy (non-hydrogen) atoms. The monoisotopic (exact) mass is 782 g/mol. The number of phenols is 1. The third-order valence-corrected chi connectivity index (χ3v) is 8.88. The lowest BCUT2D eigenvalue weighted by Crippen LogP contribution is -2.53. The van der Waals surface area contributed by atoms with Crippen LogP contribution in [0.2, 0.25) is 0 Å². The van der Waals surface area contributed by atoms with Crippen LogP contribution < -0.4 is 21.3 Å². The van der Waals surface area contributed by atoms with Crippen LogP contribution in [0, 0.1) is 5.92 Å². The van der Waals surface area contributed by atoms with Gasteiger partial charge in [-0.2, -0.15) is 11.8 Å². The summed E-state index contributed by atoms with van der Waals surface area (Å²) in [6, 6.07) is 12.6. The van der Waals surface area contributed by atoms with Crippen LogP contribution >= 0.6 is 11.8 Å². The van der Waals surface area contributed by atoms with Crippen LogP contribution in [0.4, 0.5) is 4.79 Å². The normalized spacial score (nSPS) is 18.2. The Labute approximate surface area is 327 Å². The van der Waals surface area contributed by atoms with Gasteiger partial charge in [0.05, 0.1) is 19.8 Å². The molecule has 0 saturated carbocycles. The number of aromatic hydroxyl groups is 1. The Kier molecular flexibility index (Phi) is 18.2. The minimum absolute atomic E-state index is 0.0154. The molecule has 5 N–H and O–H groups in total. The molecule has 2 aromatic carbocycles. The van der Waals surface area contributed by atoms with Gasteiger partial charge in [0.15, 0.2) is 6.29 Å². The molecule has 1 aliphatic rings. The Hall–Kier alpha value is -4.86. The highest BCUT2D eigenvalue weighted by atomic mass is 32.2. The fourth-order valence-corrected chi connectivity index (χ4v) is 6.03. The molecule has 4 amide bonds. The summed E-state index contributed by atoms with van der Waals surface area (Å²) >= 11 is 1.53. The van der Waals surface area contributed by atoms with Gasteiger partial charge in [0.25, 0.3) is 0 Å². The summed E-state index contributed by atoms with van der Waals surface area (Å²) < 4.78 is 22.3. The van der Waals surface area contributed by atoms with Crippen molar-refractivity contribution in [1.29, 1.82) is 0 Å². The second kappa shape index (κ2) is 22.5. The van der Waals surface area contributed by atoms with Gasteiger partial charge in [0.1, 0.15) is 29.5 Å². The minimum Gasteiger partial charge on any atom is -0.508 e. The first-order chi connectivity index (χ1) is 26.2. The van der Waals surface area contributed by atoms with Crippen LogP contribution in [0.15, 0.2) is 79.4 Å². The van der Waals surface area contributed by atoms with Crippen molar-refractivity contribution in [3.63, 3.8) is 0 Å². The number of thioether (sulfide) groups is 1. The topological polar surface area (TPSA) is 191 Å². The van der Waals surface area contributed by atoms with E-state index in [1.165, 1.54) is 31.0 Å². The van der Waals surface area contributed by atoms with Crippen molar-refractivity contribution in [3.05, 3.63) is 90.5 Å². The van der Waals surface area contributed by atoms with Crippen molar-refractivity contribution < 1.29 is 48.0 Å². The summed E-state index contributed by atoms with van der Waals surface area (Å²) in [7, 11) is 1.26. The zero-order valence-corrected chi connectivity index (χ0v) is 32.9. The fraction of sp³-hybridized carbons (Fsp3) is 0.475. The van der Waals surface area contributed by atoms with Crippen molar-refractivity contribution in [2.24, 2.45) is 5.92 Å². The molecule has 6 atom stereocenters. The summed E-state index contributed by atoms with van der Waals surface area (Å²) in [5, 5.41) is 20.7. The molecule has 0 radical (unpaired) electrons. The van der Waals surface area contributed by atoms with E-state index in [-0.39, 0.29) is 38.2 Å². The van der Waals surface area contributed by atoms with E-state index in [2.05, 4.69) is 27.8 Å². The summed E-state index contributed by atoms with van der Waals surface area (Å²) in [4.78, 5) is 65.5. The van der Waals surface area contributed by atoms with Crippen LogP contribution in [-0.4, -0.2) is 103 Å². The van der Waals surface area contributed by atoms with Crippen LogP contribution in [0.25, 0.3) is 0 Å². The van der Waals surface area contributed by atoms with Crippen LogP contribution in [0.1, 0.15) is 44.7 Å². The molecule has 3 rings (SSSR count). The van der Waals surface area contributed by atoms with E-state index in [1.807, 2.05) is 36.6 Å². The van der Waals surface area contributed by atoms with Gasteiger partial charge in [-0.1, -0.05) is 60.7 Å². The quantitative estimate of drug-likeness (QED) is 0.0976. The maximum Gasteiger partial charge on any atom is 0.408 e. The smallest absolute Gasteiger partial charge is 0.408 e. The number of rotatable bonds is 20. The van der Waals surface area contributed by atoms with E-state index in [0.717, 1.165) is 5.56 Å². The van der Waals surface area contributed by atoms with Crippen molar-refractivity contribution in [2.45, 2.75) is 82.6 Å². The number of alkyl carbamates (subject to hydrolysis) is 1. The molecular weight excluding hydrogens is 729 g/mol. The van der Waals surface area contributed by atoms with Crippen LogP contribution in [-0.2, 0) is 51.0 Å². The van der Waals surface area contributed by atoms with Crippen molar-refractivity contribution in [1.82, 2.24) is 21.3 Å². The first-order valence-corrected chi connectivity index (χ1v) is 19.4. The largest absolute Gasteiger partial charge is 0.508 e. The van der Waals surface area contributed by atoms with E-state index in [0.29, 0.717) is 17.7 Å². The highest BCUT2D eigenvalue weighted by Gasteiger charge is 2.33. The van der Waals surface area contributed by atoms with Crippen molar-refractivity contribution in [3.8, 4) is 5.75 Å². The fourth-order valence-electron chi connectivity index (χ4n) is 5.56. The summed E-state index contributed by atoms with van der Waals surface area (Å²) in [6.45, 7) is 8.98. The third kappa shape index (κ3) is 16.2. The molecule has 300 valence electrons. The number of hydrogen-bond acceptors (Lipinski definition) is 11. The zero-order valence-electron chi connectivity index (χ0n) is 32.1. The van der Waals surface area contributed by atoms with Crippen molar-refractivity contribution >= 4 is 41.5 Å². The first kappa shape index (κ1) is 44.5. The van der Waals surface area contributed by atoms with Crippen LogP contribution in [0.5, 0.6) is 5.75 Å². The van der Waals surface area contributed by atoms with Crippen LogP contribution in [0.3, 0.4) is 0 Å². The SMILES string of the molecule is C=CCO[C@H]1O[C@H](CNC(=O)[C@H](Cc2ccc(O)cc2)NC(=O)OC(C)(C)C)C=C[C@@H]1CC(=O)N[C@@H](Cc1ccccc1)C(=O)N[C@@H](CCSC)C(=O)OC. The second-order valence-corrected chi connectivity index (χ2v) is 14.9. The molecule has 0 spiro atoms. The summed E-state index contributed by atoms with van der Waals surface area (Å²) in [6.07, 6.45) is 5.16. The lowest BCUT2D eigenvalue weighted by Gasteiger charge is -2.32. The standard InChI is InChI=1S/C40H54N4O10S/c1-7-20-52-38-28(24-34(46)42-33(22-26-11-9-8-10-12-26)36(48)43-31(19-21-55-6)37(49)51-5)15-18-30(53-38)25-41-35(47)32(44-39(50)54-40(2,3)4)23-27-13-16-29(45)17-14-27/h7-18,28,30-33,38,45H,1,19-25H2,2-6H3,(H,41,47)(H,42,46)(H,43,48)(H,44,50)/t28-,30+,31+,32+,33+,38+/m1/s1. The predicted molar refractivity (Wildman–Crippen MR) is 209 cm³/mol. The Morgan fingerprint density at radius 1 is 0.909 bits per heavy atom. The van der Waals surface area contributed by atoms with E-state index >= 15 is 0 Å². The van der Waals surface area contributed by atoms with Gasteiger partial charge in [-0.15, -0.1) is 6.58 Å². The van der Waals surface area contributed by atoms with Gasteiger partial charge in [0.2, 0.25) is 17.7 Å². The second-order valence-electron chi connectivity index (χ2n) is 13.9. The lowest BCUT2D eigenvalue weighted by molar-refractivity contribution is -0.182. The number of amides is 4. The molecule has 0 fully saturated rings.